The molecule has 3 N–H and O–H groups in total. The Labute approximate surface area is 206 Å². The molecule has 0 radical (unpaired) electrons. The summed E-state index contributed by atoms with van der Waals surface area (Å²) in [6.07, 6.45) is 1.81. The van der Waals surface area contributed by atoms with Gasteiger partial charge in [0.1, 0.15) is 5.82 Å². The third kappa shape index (κ3) is 5.62. The summed E-state index contributed by atoms with van der Waals surface area (Å²) in [5, 5.41) is 2.95. The average molecular weight is 488 g/mol. The smallest absolute Gasteiger partial charge is 0.380 e. The molecule has 0 spiro atoms. The number of nitrogens with zero attached hydrogens (tertiary/aromatic N) is 1. The summed E-state index contributed by atoms with van der Waals surface area (Å²) in [6.45, 7) is 10.1. The fraction of sp³-hybridized carbons (Fsp3) is 0.464. The zero-order valence-electron chi connectivity index (χ0n) is 21.2. The maximum absolute atomic E-state index is 14.1. The zero-order chi connectivity index (χ0) is 26.0. The van der Waals surface area contributed by atoms with Crippen LogP contribution >= 0.6 is 0 Å². The Morgan fingerprint density at radius 3 is 2.63 bits per heavy atom. The molecule has 1 heterocycles. The van der Waals surface area contributed by atoms with Crippen LogP contribution in [0.1, 0.15) is 67.3 Å². The summed E-state index contributed by atoms with van der Waals surface area (Å²) in [5.41, 5.74) is 8.82. The predicted molar refractivity (Wildman–Crippen MR) is 137 cm³/mol. The quantitative estimate of drug-likeness (QED) is 0.449. The molecule has 1 aromatic carbocycles. The van der Waals surface area contributed by atoms with E-state index in [1.54, 1.807) is 45.5 Å². The first-order valence-electron chi connectivity index (χ1n) is 12.0. The number of benzene rings is 1. The number of pyridine rings is 1. The molecule has 0 amide bonds. The van der Waals surface area contributed by atoms with Crippen LogP contribution in [0, 0.1) is 12.8 Å². The number of nitrogens with one attached hydrogen (secondary N) is 1. The number of nitrogens with two attached hydrogens (primary N) is 1. The molecule has 3 rings (SSSR count). The molecular weight excluding hydrogens is 451 g/mol. The lowest BCUT2D eigenvalue weighted by Crippen LogP contribution is -2.51. The first-order chi connectivity index (χ1) is 16.4. The number of allylic oxidation sites excluding steroid dienone is 1. The summed E-state index contributed by atoms with van der Waals surface area (Å²) < 4.78 is 48.2. The maximum atomic E-state index is 14.1. The van der Waals surface area contributed by atoms with Crippen LogP contribution in [0.3, 0.4) is 0 Å². The largest absolute Gasteiger partial charge is 0.417 e. The molecule has 1 aliphatic carbocycles. The van der Waals surface area contributed by atoms with Crippen LogP contribution in [-0.4, -0.2) is 30.8 Å². The van der Waals surface area contributed by atoms with Crippen molar-refractivity contribution in [3.8, 4) is 0 Å². The van der Waals surface area contributed by atoms with E-state index in [-0.39, 0.29) is 17.2 Å². The van der Waals surface area contributed by atoms with Gasteiger partial charge in [-0.1, -0.05) is 32.6 Å². The van der Waals surface area contributed by atoms with E-state index in [1.165, 1.54) is 6.07 Å². The molecule has 0 saturated heterocycles. The Morgan fingerprint density at radius 1 is 1.31 bits per heavy atom. The van der Waals surface area contributed by atoms with Crippen LogP contribution < -0.4 is 11.1 Å². The van der Waals surface area contributed by atoms with E-state index < -0.39 is 17.3 Å². The zero-order valence-corrected chi connectivity index (χ0v) is 21.2. The van der Waals surface area contributed by atoms with Crippen molar-refractivity contribution in [2.75, 3.05) is 19.5 Å². The van der Waals surface area contributed by atoms with E-state index in [9.17, 15) is 13.2 Å². The average Bonchev–Trinajstić information content (AvgIpc) is 2.95. The monoisotopic (exact) mass is 487 g/mol. The standard InChI is InChI=1S/C28H36F3N3O/c1-17(2)16-27(32)14-13-20(9-12-24(27)35-6)21-10-11-23(28(29,30)31)25(18(21)3)19(4)22-8-7-15-34-26(22)33-5/h7-8,10-11,13,15,17,24H,4,9,12,14,16,32H2,1-3,5-6H3,(H,33,34). The van der Waals surface area contributed by atoms with Crippen LogP contribution in [0.2, 0.25) is 0 Å². The maximum Gasteiger partial charge on any atom is 0.417 e. The minimum Gasteiger partial charge on any atom is -0.380 e. The molecule has 4 nitrogen and oxygen atoms in total. The van der Waals surface area contributed by atoms with Crippen molar-refractivity contribution >= 4 is 17.0 Å². The van der Waals surface area contributed by atoms with Crippen LogP contribution in [-0.2, 0) is 10.9 Å². The summed E-state index contributed by atoms with van der Waals surface area (Å²) in [6, 6.07) is 6.18. The predicted octanol–water partition coefficient (Wildman–Crippen LogP) is 6.84. The van der Waals surface area contributed by atoms with Crippen molar-refractivity contribution in [1.82, 2.24) is 4.98 Å². The minimum atomic E-state index is -4.52. The highest BCUT2D eigenvalue weighted by Crippen LogP contribution is 2.43. The Morgan fingerprint density at radius 2 is 2.03 bits per heavy atom. The van der Waals surface area contributed by atoms with Crippen LogP contribution in [0.4, 0.5) is 19.0 Å². The molecule has 0 saturated carbocycles. The molecule has 0 bridgehead atoms. The number of methoxy groups -OCH3 is 1. The summed E-state index contributed by atoms with van der Waals surface area (Å²) >= 11 is 0. The van der Waals surface area contributed by atoms with Crippen molar-refractivity contribution < 1.29 is 17.9 Å². The van der Waals surface area contributed by atoms with E-state index in [2.05, 4.69) is 36.8 Å². The first-order valence-corrected chi connectivity index (χ1v) is 12.0. The Kier molecular flexibility index (Phi) is 8.12. The van der Waals surface area contributed by atoms with Crippen LogP contribution in [0.15, 0.2) is 43.1 Å². The summed E-state index contributed by atoms with van der Waals surface area (Å²) in [7, 11) is 3.36. The molecule has 0 aliphatic heterocycles. The molecular formula is C28H36F3N3O. The first kappa shape index (κ1) is 27.0. The van der Waals surface area contributed by atoms with Crippen LogP contribution in [0.25, 0.3) is 11.1 Å². The van der Waals surface area contributed by atoms with Gasteiger partial charge in [0.25, 0.3) is 0 Å². The van der Waals surface area contributed by atoms with Gasteiger partial charge in [-0.3, -0.25) is 0 Å². The molecule has 2 aromatic rings. The molecule has 1 aliphatic rings. The number of hydrogen-bond donors (Lipinski definition) is 2. The van der Waals surface area contributed by atoms with Gasteiger partial charge in [0.05, 0.1) is 11.7 Å². The van der Waals surface area contributed by atoms with E-state index in [0.717, 1.165) is 17.6 Å². The Hall–Kier alpha value is -2.64. The summed E-state index contributed by atoms with van der Waals surface area (Å²) in [5.74, 6) is 0.879. The second-order valence-corrected chi connectivity index (χ2v) is 9.81. The Balaban J connectivity index is 2.14. The summed E-state index contributed by atoms with van der Waals surface area (Å²) in [4.78, 5) is 4.25. The van der Waals surface area contributed by atoms with Crippen molar-refractivity contribution in [2.45, 2.75) is 64.3 Å². The number of hydrogen-bond acceptors (Lipinski definition) is 4. The van der Waals surface area contributed by atoms with E-state index in [1.807, 2.05) is 0 Å². The van der Waals surface area contributed by atoms with Gasteiger partial charge in [0, 0.05) is 31.5 Å². The van der Waals surface area contributed by atoms with Crippen molar-refractivity contribution in [3.63, 3.8) is 0 Å². The number of aromatic nitrogens is 1. The van der Waals surface area contributed by atoms with Gasteiger partial charge >= 0.3 is 6.18 Å². The van der Waals surface area contributed by atoms with Crippen molar-refractivity contribution in [3.05, 3.63) is 70.9 Å². The lowest BCUT2D eigenvalue weighted by atomic mass is 9.81. The number of anilines is 1. The molecule has 2 atom stereocenters. The molecule has 35 heavy (non-hydrogen) atoms. The van der Waals surface area contributed by atoms with Gasteiger partial charge < -0.3 is 15.8 Å². The van der Waals surface area contributed by atoms with Gasteiger partial charge in [-0.05, 0) is 84.6 Å². The molecule has 2 unspecified atom stereocenters. The topological polar surface area (TPSA) is 60.2 Å². The third-order valence-electron chi connectivity index (χ3n) is 6.91. The van der Waals surface area contributed by atoms with Gasteiger partial charge in [-0.15, -0.1) is 0 Å². The molecule has 1 aromatic heterocycles. The highest BCUT2D eigenvalue weighted by atomic mass is 19.4. The number of halogens is 3. The fourth-order valence-electron chi connectivity index (χ4n) is 5.36. The number of ether oxygens (including phenoxy) is 1. The fourth-order valence-corrected chi connectivity index (χ4v) is 5.36. The van der Waals surface area contributed by atoms with Crippen molar-refractivity contribution in [1.29, 1.82) is 0 Å². The number of rotatable bonds is 7. The number of alkyl halides is 3. The Bertz CT molecular complexity index is 1110. The van der Waals surface area contributed by atoms with Crippen LogP contribution in [0.5, 0.6) is 0 Å². The van der Waals surface area contributed by atoms with Gasteiger partial charge in [0.2, 0.25) is 0 Å². The third-order valence-corrected chi connectivity index (χ3v) is 6.91. The normalized spacial score (nSPS) is 21.0. The second-order valence-electron chi connectivity index (χ2n) is 9.81. The highest BCUT2D eigenvalue weighted by Gasteiger charge is 2.38. The van der Waals surface area contributed by atoms with E-state index in [4.69, 9.17) is 10.5 Å². The van der Waals surface area contributed by atoms with Crippen molar-refractivity contribution in [2.24, 2.45) is 11.7 Å². The SMILES string of the molecule is C=C(c1cccnc1NC)c1c(C(F)(F)F)ccc(C2=CCC(N)(CC(C)C)C(OC)CC2)c1C. The molecule has 0 fully saturated rings. The lowest BCUT2D eigenvalue weighted by molar-refractivity contribution is -0.137. The minimum absolute atomic E-state index is 0.0918. The van der Waals surface area contributed by atoms with Gasteiger partial charge in [-0.2, -0.15) is 13.2 Å². The second kappa shape index (κ2) is 10.5. The molecule has 190 valence electrons. The molecule has 7 heteroatoms. The lowest BCUT2D eigenvalue weighted by Gasteiger charge is -2.36. The van der Waals surface area contributed by atoms with Gasteiger partial charge in [-0.25, -0.2) is 4.98 Å². The van der Waals surface area contributed by atoms with E-state index >= 15 is 0 Å². The van der Waals surface area contributed by atoms with Gasteiger partial charge in [0.15, 0.2) is 0 Å². The highest BCUT2D eigenvalue weighted by molar-refractivity contribution is 5.88. The van der Waals surface area contributed by atoms with E-state index in [0.29, 0.717) is 42.1 Å².